The smallest absolute Gasteiger partial charge is 0.251 e. The summed E-state index contributed by atoms with van der Waals surface area (Å²) in [6, 6.07) is 4.32. The third kappa shape index (κ3) is 3.97. The summed E-state index contributed by atoms with van der Waals surface area (Å²) < 4.78 is 1.72. The van der Waals surface area contributed by atoms with Crippen molar-refractivity contribution >= 4 is 17.5 Å². The Balaban J connectivity index is 2.09. The molecule has 0 aliphatic rings. The van der Waals surface area contributed by atoms with Crippen molar-refractivity contribution in [2.24, 2.45) is 0 Å². The molecule has 8 nitrogen and oxygen atoms in total. The van der Waals surface area contributed by atoms with Crippen molar-refractivity contribution in [1.29, 1.82) is 0 Å². The summed E-state index contributed by atoms with van der Waals surface area (Å²) in [7, 11) is 0. The number of carbonyl (C=O) groups is 2. The fourth-order valence-corrected chi connectivity index (χ4v) is 2.05. The second kappa shape index (κ2) is 7.40. The molecule has 2 amide bonds. The highest BCUT2D eigenvalue weighted by molar-refractivity contribution is 6.01. The van der Waals surface area contributed by atoms with E-state index in [1.165, 1.54) is 24.5 Å². The second-order valence-electron chi connectivity index (χ2n) is 5.32. The van der Waals surface area contributed by atoms with Gasteiger partial charge in [0.2, 0.25) is 5.91 Å². The van der Waals surface area contributed by atoms with Gasteiger partial charge >= 0.3 is 0 Å². The van der Waals surface area contributed by atoms with E-state index in [-0.39, 0.29) is 29.9 Å². The van der Waals surface area contributed by atoms with Crippen LogP contribution < -0.4 is 10.6 Å². The van der Waals surface area contributed by atoms with Crippen LogP contribution in [0.1, 0.15) is 36.1 Å². The lowest BCUT2D eigenvalue weighted by Crippen LogP contribution is -2.25. The number of anilines is 1. The number of rotatable bonds is 6. The van der Waals surface area contributed by atoms with Crippen LogP contribution in [0.5, 0.6) is 5.75 Å². The molecule has 0 saturated carbocycles. The lowest BCUT2D eigenvalue weighted by molar-refractivity contribution is -0.111. The Hall–Kier alpha value is -3.16. The van der Waals surface area contributed by atoms with Gasteiger partial charge in [-0.15, -0.1) is 0 Å². The normalized spacial score (nSPS) is 10.5. The first-order chi connectivity index (χ1) is 11.4. The molecule has 126 valence electrons. The number of nitrogens with one attached hydrogen (secondary N) is 2. The molecule has 0 spiro atoms. The van der Waals surface area contributed by atoms with E-state index in [9.17, 15) is 14.7 Å². The molecule has 1 aromatic heterocycles. The zero-order valence-electron chi connectivity index (χ0n) is 13.5. The number of hydrogen-bond acceptors (Lipinski definition) is 5. The highest BCUT2D eigenvalue weighted by Gasteiger charge is 2.13. The standard InChI is InChI=1S/C16H19N5O3/c1-4-15(23)20-12-7-11(5-6-13(12)22)16(24)17-8-14-18-9-19-21(14)10(2)3/h4-7,9-10,22H,1,8H2,2-3H3,(H,17,24)(H,20,23). The van der Waals surface area contributed by atoms with Gasteiger partial charge < -0.3 is 15.7 Å². The fourth-order valence-electron chi connectivity index (χ4n) is 2.05. The van der Waals surface area contributed by atoms with Crippen LogP contribution in [0.25, 0.3) is 0 Å². The van der Waals surface area contributed by atoms with E-state index in [1.54, 1.807) is 4.68 Å². The van der Waals surface area contributed by atoms with Crippen molar-refractivity contribution in [1.82, 2.24) is 20.1 Å². The van der Waals surface area contributed by atoms with Crippen LogP contribution >= 0.6 is 0 Å². The van der Waals surface area contributed by atoms with Crippen LogP contribution in [-0.4, -0.2) is 31.7 Å². The van der Waals surface area contributed by atoms with Crippen LogP contribution in [0, 0.1) is 0 Å². The Morgan fingerprint density at radius 1 is 1.42 bits per heavy atom. The van der Waals surface area contributed by atoms with E-state index in [4.69, 9.17) is 0 Å². The quantitative estimate of drug-likeness (QED) is 0.551. The van der Waals surface area contributed by atoms with E-state index >= 15 is 0 Å². The molecule has 0 aliphatic carbocycles. The molecule has 0 saturated heterocycles. The Bertz CT molecular complexity index is 767. The fraction of sp³-hybridized carbons (Fsp3) is 0.250. The summed E-state index contributed by atoms with van der Waals surface area (Å²) in [6.07, 6.45) is 2.51. The number of hydrogen-bond donors (Lipinski definition) is 3. The van der Waals surface area contributed by atoms with Gasteiger partial charge in [-0.25, -0.2) is 9.67 Å². The molecular formula is C16H19N5O3. The zero-order valence-corrected chi connectivity index (χ0v) is 13.5. The summed E-state index contributed by atoms with van der Waals surface area (Å²) in [6.45, 7) is 7.48. The van der Waals surface area contributed by atoms with E-state index in [0.29, 0.717) is 11.4 Å². The monoisotopic (exact) mass is 329 g/mol. The summed E-state index contributed by atoms with van der Waals surface area (Å²) in [5, 5.41) is 19.0. The zero-order chi connectivity index (χ0) is 17.7. The average Bonchev–Trinajstić information content (AvgIpc) is 3.03. The van der Waals surface area contributed by atoms with Gasteiger partial charge in [0.15, 0.2) is 0 Å². The van der Waals surface area contributed by atoms with Gasteiger partial charge in [-0.1, -0.05) is 6.58 Å². The van der Waals surface area contributed by atoms with Gasteiger partial charge in [-0.2, -0.15) is 5.10 Å². The van der Waals surface area contributed by atoms with Gasteiger partial charge in [0, 0.05) is 11.6 Å². The molecule has 2 rings (SSSR count). The number of aromatic hydroxyl groups is 1. The van der Waals surface area contributed by atoms with Gasteiger partial charge in [0.25, 0.3) is 5.91 Å². The molecule has 24 heavy (non-hydrogen) atoms. The molecule has 3 N–H and O–H groups in total. The predicted octanol–water partition coefficient (Wildman–Crippen LogP) is 1.62. The van der Waals surface area contributed by atoms with Crippen LogP contribution in [-0.2, 0) is 11.3 Å². The molecule has 0 fully saturated rings. The number of carbonyl (C=O) groups excluding carboxylic acids is 2. The third-order valence-corrected chi connectivity index (χ3v) is 3.25. The topological polar surface area (TPSA) is 109 Å². The average molecular weight is 329 g/mol. The van der Waals surface area contributed by atoms with E-state index in [1.807, 2.05) is 13.8 Å². The van der Waals surface area contributed by atoms with Crippen molar-refractivity contribution in [3.63, 3.8) is 0 Å². The first-order valence-electron chi connectivity index (χ1n) is 7.35. The maximum Gasteiger partial charge on any atom is 0.251 e. The Morgan fingerprint density at radius 3 is 2.83 bits per heavy atom. The van der Waals surface area contributed by atoms with E-state index in [0.717, 1.165) is 6.08 Å². The number of phenols is 1. The van der Waals surface area contributed by atoms with Crippen molar-refractivity contribution < 1.29 is 14.7 Å². The van der Waals surface area contributed by atoms with E-state index in [2.05, 4.69) is 27.3 Å². The molecule has 2 aromatic rings. The Kier molecular flexibility index (Phi) is 5.31. The van der Waals surface area contributed by atoms with E-state index < -0.39 is 5.91 Å². The first-order valence-corrected chi connectivity index (χ1v) is 7.35. The van der Waals surface area contributed by atoms with Crippen molar-refractivity contribution in [3.05, 3.63) is 48.6 Å². The minimum atomic E-state index is -0.479. The number of nitrogens with zero attached hydrogens (tertiary/aromatic N) is 3. The first kappa shape index (κ1) is 17.2. The minimum absolute atomic E-state index is 0.133. The maximum atomic E-state index is 12.3. The summed E-state index contributed by atoms with van der Waals surface area (Å²) >= 11 is 0. The van der Waals surface area contributed by atoms with Gasteiger partial charge in [0.1, 0.15) is 17.9 Å². The highest BCUT2D eigenvalue weighted by atomic mass is 16.3. The molecule has 0 bridgehead atoms. The molecule has 1 heterocycles. The number of amides is 2. The summed E-state index contributed by atoms with van der Waals surface area (Å²) in [5.41, 5.74) is 0.431. The lowest BCUT2D eigenvalue weighted by atomic mass is 10.1. The number of phenolic OH excluding ortho intramolecular Hbond substituents is 1. The molecule has 0 radical (unpaired) electrons. The molecule has 0 unspecified atom stereocenters. The third-order valence-electron chi connectivity index (χ3n) is 3.25. The Morgan fingerprint density at radius 2 is 2.17 bits per heavy atom. The highest BCUT2D eigenvalue weighted by Crippen LogP contribution is 2.24. The van der Waals surface area contributed by atoms with Crippen molar-refractivity contribution in [3.8, 4) is 5.75 Å². The number of aromatic nitrogens is 3. The molecule has 0 aliphatic heterocycles. The van der Waals surface area contributed by atoms with Crippen LogP contribution in [0.2, 0.25) is 0 Å². The summed E-state index contributed by atoms with van der Waals surface area (Å²) in [4.78, 5) is 27.7. The molecule has 1 aromatic carbocycles. The van der Waals surface area contributed by atoms with Gasteiger partial charge in [-0.05, 0) is 38.1 Å². The predicted molar refractivity (Wildman–Crippen MR) is 88.5 cm³/mol. The maximum absolute atomic E-state index is 12.3. The second-order valence-corrected chi connectivity index (χ2v) is 5.32. The van der Waals surface area contributed by atoms with Crippen molar-refractivity contribution in [2.45, 2.75) is 26.4 Å². The van der Waals surface area contributed by atoms with Gasteiger partial charge in [-0.3, -0.25) is 9.59 Å². The largest absolute Gasteiger partial charge is 0.506 e. The van der Waals surface area contributed by atoms with Crippen molar-refractivity contribution in [2.75, 3.05) is 5.32 Å². The summed E-state index contributed by atoms with van der Waals surface area (Å²) in [5.74, 6) is -0.339. The SMILES string of the molecule is C=CC(=O)Nc1cc(C(=O)NCc2ncnn2C(C)C)ccc1O. The van der Waals surface area contributed by atoms with Crippen LogP contribution in [0.15, 0.2) is 37.2 Å². The molecular weight excluding hydrogens is 310 g/mol. The molecule has 0 atom stereocenters. The molecule has 8 heteroatoms. The van der Waals surface area contributed by atoms with Gasteiger partial charge in [0.05, 0.1) is 12.2 Å². The Labute approximate surface area is 139 Å². The lowest BCUT2D eigenvalue weighted by Gasteiger charge is -2.11. The van der Waals surface area contributed by atoms with Crippen LogP contribution in [0.4, 0.5) is 5.69 Å². The minimum Gasteiger partial charge on any atom is -0.506 e. The number of benzene rings is 1. The van der Waals surface area contributed by atoms with Crippen LogP contribution in [0.3, 0.4) is 0 Å².